The fraction of sp³-hybridized carbons (Fsp3) is 0.320. The summed E-state index contributed by atoms with van der Waals surface area (Å²) in [6.07, 6.45) is 1.36. The number of anilines is 1. The van der Waals surface area contributed by atoms with Gasteiger partial charge in [-0.05, 0) is 35.1 Å². The van der Waals surface area contributed by atoms with Gasteiger partial charge in [0.1, 0.15) is 6.26 Å². The largest absolute Gasteiger partial charge is 0.455 e. The maximum absolute atomic E-state index is 12.5. The van der Waals surface area contributed by atoms with E-state index in [-0.39, 0.29) is 30.8 Å². The quantitative estimate of drug-likeness (QED) is 0.499. The van der Waals surface area contributed by atoms with Gasteiger partial charge < -0.3 is 14.5 Å². The highest BCUT2D eigenvalue weighted by Crippen LogP contribution is 2.32. The van der Waals surface area contributed by atoms with Crippen LogP contribution in [0.2, 0.25) is 0 Å². The van der Waals surface area contributed by atoms with E-state index in [0.717, 1.165) is 22.4 Å². The molecule has 0 unspecified atom stereocenters. The molecule has 0 bridgehead atoms. The second-order valence-electron chi connectivity index (χ2n) is 8.02. The summed E-state index contributed by atoms with van der Waals surface area (Å²) >= 11 is 0. The number of esters is 1. The first-order chi connectivity index (χ1) is 14.8. The molecule has 2 aromatic carbocycles. The maximum atomic E-state index is 12.5. The average Bonchev–Trinajstić information content (AvgIpc) is 3.21. The van der Waals surface area contributed by atoms with Crippen molar-refractivity contribution in [3.05, 3.63) is 71.6 Å². The molecule has 3 aromatic rings. The Morgan fingerprint density at radius 3 is 2.23 bits per heavy atom. The molecule has 0 aliphatic heterocycles. The van der Waals surface area contributed by atoms with Crippen molar-refractivity contribution in [2.24, 2.45) is 0 Å². The van der Waals surface area contributed by atoms with Crippen LogP contribution in [0.5, 0.6) is 0 Å². The van der Waals surface area contributed by atoms with Gasteiger partial charge in [0.05, 0.1) is 12.1 Å². The summed E-state index contributed by atoms with van der Waals surface area (Å²) < 4.78 is 10.6. The van der Waals surface area contributed by atoms with Gasteiger partial charge in [0, 0.05) is 11.3 Å². The van der Waals surface area contributed by atoms with Crippen LogP contribution in [0.1, 0.15) is 56.4 Å². The topological polar surface area (TPSA) is 81.4 Å². The summed E-state index contributed by atoms with van der Waals surface area (Å²) in [5.74, 6) is 0.0375. The summed E-state index contributed by atoms with van der Waals surface area (Å²) in [7, 11) is 0. The molecule has 0 radical (unpaired) electrons. The Labute approximate surface area is 182 Å². The molecule has 0 aliphatic carbocycles. The summed E-state index contributed by atoms with van der Waals surface area (Å²) in [6, 6.07) is 15.4. The average molecular weight is 421 g/mol. The molecular weight excluding hydrogens is 392 g/mol. The molecule has 31 heavy (non-hydrogen) atoms. The van der Waals surface area contributed by atoms with Crippen molar-refractivity contribution in [1.82, 2.24) is 4.98 Å². The minimum Gasteiger partial charge on any atom is -0.455 e. The van der Waals surface area contributed by atoms with Crippen molar-refractivity contribution in [2.45, 2.75) is 46.0 Å². The fourth-order valence-corrected chi connectivity index (χ4v) is 3.32. The first-order valence-electron chi connectivity index (χ1n) is 10.4. The number of carbonyl (C=O) groups excluding carboxylic acids is 2. The maximum Gasteiger partial charge on any atom is 0.312 e. The zero-order chi connectivity index (χ0) is 22.4. The molecule has 1 aromatic heterocycles. The number of oxazole rings is 1. The highest BCUT2D eigenvalue weighted by molar-refractivity contribution is 5.94. The third kappa shape index (κ3) is 5.81. The SMILES string of the molecule is CC(C)c1cccc(C(C)C)c1NC(=O)COC(=O)Cc1coc(-c2ccccc2)n1. The molecule has 0 saturated heterocycles. The summed E-state index contributed by atoms with van der Waals surface area (Å²) in [6.45, 7) is 7.97. The van der Waals surface area contributed by atoms with Crippen LogP contribution < -0.4 is 5.32 Å². The predicted octanol–water partition coefficient (Wildman–Crippen LogP) is 5.31. The molecule has 0 saturated carbocycles. The van der Waals surface area contributed by atoms with Crippen molar-refractivity contribution in [3.63, 3.8) is 0 Å². The molecule has 0 atom stereocenters. The van der Waals surface area contributed by atoms with E-state index in [1.165, 1.54) is 6.26 Å². The zero-order valence-corrected chi connectivity index (χ0v) is 18.3. The number of hydrogen-bond acceptors (Lipinski definition) is 5. The molecule has 3 rings (SSSR count). The number of para-hydroxylation sites is 1. The van der Waals surface area contributed by atoms with Crippen LogP contribution in [0.25, 0.3) is 11.5 Å². The van der Waals surface area contributed by atoms with Crippen LogP contribution in [0.15, 0.2) is 59.2 Å². The van der Waals surface area contributed by atoms with Crippen molar-refractivity contribution in [2.75, 3.05) is 11.9 Å². The van der Waals surface area contributed by atoms with Gasteiger partial charge in [0.2, 0.25) is 5.89 Å². The van der Waals surface area contributed by atoms with Gasteiger partial charge in [-0.3, -0.25) is 9.59 Å². The summed E-state index contributed by atoms with van der Waals surface area (Å²) in [4.78, 5) is 29.0. The van der Waals surface area contributed by atoms with Gasteiger partial charge in [0.25, 0.3) is 5.91 Å². The Balaban J connectivity index is 1.58. The normalized spacial score (nSPS) is 11.0. The minimum absolute atomic E-state index is 0.0660. The second-order valence-corrected chi connectivity index (χ2v) is 8.02. The number of benzene rings is 2. The van der Waals surface area contributed by atoms with E-state index in [1.807, 2.05) is 48.5 Å². The van der Waals surface area contributed by atoms with E-state index in [2.05, 4.69) is 38.0 Å². The molecule has 6 heteroatoms. The van der Waals surface area contributed by atoms with E-state index < -0.39 is 5.97 Å². The van der Waals surface area contributed by atoms with Crippen LogP contribution in [0, 0.1) is 0 Å². The Kier molecular flexibility index (Phi) is 7.23. The van der Waals surface area contributed by atoms with E-state index >= 15 is 0 Å². The Morgan fingerprint density at radius 1 is 0.968 bits per heavy atom. The Hall–Kier alpha value is -3.41. The molecule has 1 N–H and O–H groups in total. The molecule has 1 heterocycles. The number of carbonyl (C=O) groups is 2. The first kappa shape index (κ1) is 22.3. The number of amides is 1. The standard InChI is InChI=1S/C25H28N2O4/c1-16(2)20-11-8-12-21(17(3)4)24(20)27-22(28)15-30-23(29)13-19-14-31-25(26-19)18-9-6-5-7-10-18/h5-12,14,16-17H,13,15H2,1-4H3,(H,27,28). The number of nitrogens with zero attached hydrogens (tertiary/aromatic N) is 1. The predicted molar refractivity (Wildman–Crippen MR) is 120 cm³/mol. The number of aromatic nitrogens is 1. The fourth-order valence-electron chi connectivity index (χ4n) is 3.32. The zero-order valence-electron chi connectivity index (χ0n) is 18.3. The lowest BCUT2D eigenvalue weighted by Gasteiger charge is -2.20. The first-order valence-corrected chi connectivity index (χ1v) is 10.4. The van der Waals surface area contributed by atoms with E-state index in [1.54, 1.807) is 0 Å². The monoisotopic (exact) mass is 420 g/mol. The number of hydrogen-bond donors (Lipinski definition) is 1. The van der Waals surface area contributed by atoms with E-state index in [9.17, 15) is 9.59 Å². The molecular formula is C25H28N2O4. The molecule has 0 aliphatic rings. The van der Waals surface area contributed by atoms with Crippen LogP contribution in [-0.4, -0.2) is 23.5 Å². The van der Waals surface area contributed by atoms with E-state index in [4.69, 9.17) is 9.15 Å². The third-order valence-electron chi connectivity index (χ3n) is 4.90. The van der Waals surface area contributed by atoms with Crippen LogP contribution >= 0.6 is 0 Å². The lowest BCUT2D eigenvalue weighted by molar-refractivity contribution is -0.146. The number of rotatable bonds is 8. The smallest absolute Gasteiger partial charge is 0.312 e. The number of nitrogens with one attached hydrogen (secondary N) is 1. The molecule has 0 spiro atoms. The van der Waals surface area contributed by atoms with Gasteiger partial charge in [-0.1, -0.05) is 64.1 Å². The molecule has 6 nitrogen and oxygen atoms in total. The van der Waals surface area contributed by atoms with Gasteiger partial charge >= 0.3 is 5.97 Å². The van der Waals surface area contributed by atoms with Crippen molar-refractivity contribution < 1.29 is 18.7 Å². The molecule has 162 valence electrons. The van der Waals surface area contributed by atoms with Crippen LogP contribution in [0.3, 0.4) is 0 Å². The number of ether oxygens (including phenoxy) is 1. The van der Waals surface area contributed by atoms with Crippen molar-refractivity contribution in [1.29, 1.82) is 0 Å². The van der Waals surface area contributed by atoms with Gasteiger partial charge in [-0.25, -0.2) is 4.98 Å². The lowest BCUT2D eigenvalue weighted by atomic mass is 9.92. The Morgan fingerprint density at radius 2 is 1.61 bits per heavy atom. The van der Waals surface area contributed by atoms with Crippen molar-refractivity contribution in [3.8, 4) is 11.5 Å². The lowest BCUT2D eigenvalue weighted by Crippen LogP contribution is -2.23. The highest BCUT2D eigenvalue weighted by atomic mass is 16.5. The summed E-state index contributed by atoms with van der Waals surface area (Å²) in [5.41, 5.74) is 4.20. The van der Waals surface area contributed by atoms with Crippen LogP contribution in [0.4, 0.5) is 5.69 Å². The minimum atomic E-state index is -0.538. The van der Waals surface area contributed by atoms with Crippen molar-refractivity contribution >= 4 is 17.6 Å². The van der Waals surface area contributed by atoms with E-state index in [0.29, 0.717) is 11.6 Å². The van der Waals surface area contributed by atoms with Gasteiger partial charge in [-0.2, -0.15) is 0 Å². The van der Waals surface area contributed by atoms with Crippen LogP contribution in [-0.2, 0) is 20.7 Å². The highest BCUT2D eigenvalue weighted by Gasteiger charge is 2.17. The van der Waals surface area contributed by atoms with Gasteiger partial charge in [-0.15, -0.1) is 0 Å². The summed E-state index contributed by atoms with van der Waals surface area (Å²) in [5, 5.41) is 2.94. The molecule has 0 fully saturated rings. The third-order valence-corrected chi connectivity index (χ3v) is 4.90. The molecule has 1 amide bonds. The Bertz CT molecular complexity index is 1010. The second kappa shape index (κ2) is 10.1. The van der Waals surface area contributed by atoms with Gasteiger partial charge in [0.15, 0.2) is 6.61 Å².